The van der Waals surface area contributed by atoms with Crippen molar-refractivity contribution in [1.82, 2.24) is 0 Å². The Morgan fingerprint density at radius 1 is 0.800 bits per heavy atom. The van der Waals surface area contributed by atoms with Crippen LogP contribution in [0.15, 0.2) is 0 Å². The van der Waals surface area contributed by atoms with Crippen molar-refractivity contribution in [3.05, 3.63) is 5.21 Å². The van der Waals surface area contributed by atoms with E-state index < -0.39 is 10.9 Å². The Hall–Kier alpha value is -0.240. The molecule has 0 radical (unpaired) electrons. The van der Waals surface area contributed by atoms with Crippen LogP contribution in [0.3, 0.4) is 0 Å². The molecule has 0 saturated carbocycles. The van der Waals surface area contributed by atoms with Gasteiger partial charge in [-0.1, -0.05) is 64.7 Å². The molecule has 25 heavy (non-hydrogen) atoms. The smallest absolute Gasteiger partial charge is 0.132 e. The van der Waals surface area contributed by atoms with Crippen LogP contribution in [0, 0.1) is 5.21 Å². The summed E-state index contributed by atoms with van der Waals surface area (Å²) in [7, 11) is 0. The minimum atomic E-state index is -1.50. The van der Waals surface area contributed by atoms with E-state index in [0.717, 1.165) is 6.42 Å². The van der Waals surface area contributed by atoms with Gasteiger partial charge >= 0.3 is 0 Å². The van der Waals surface area contributed by atoms with Crippen LogP contribution in [-0.2, 0) is 4.74 Å². The quantitative estimate of drug-likeness (QED) is 0.185. The van der Waals surface area contributed by atoms with Gasteiger partial charge in [0.25, 0.3) is 0 Å². The van der Waals surface area contributed by atoms with Crippen LogP contribution in [0.1, 0.15) is 84.0 Å². The predicted octanol–water partition coefficient (Wildman–Crippen LogP) is 3.76. The molecular weight excluding hydrogens is 322 g/mol. The third-order valence-electron chi connectivity index (χ3n) is 4.69. The maximum atomic E-state index is 11.9. The Bertz CT molecular complexity index is 277. The van der Waals surface area contributed by atoms with E-state index in [-0.39, 0.29) is 26.2 Å². The monoisotopic (exact) mass is 363 g/mol. The van der Waals surface area contributed by atoms with Crippen molar-refractivity contribution in [2.45, 2.75) is 90.0 Å². The summed E-state index contributed by atoms with van der Waals surface area (Å²) in [6.07, 6.45) is 13.4. The minimum Gasteiger partial charge on any atom is -0.598 e. The SMILES string of the molecule is CCCCCCCCCCCCOCCC(CCO)[N+]([O-])(O)CCO. The summed E-state index contributed by atoms with van der Waals surface area (Å²) in [5, 5.41) is 39.5. The molecule has 6 heteroatoms. The van der Waals surface area contributed by atoms with Gasteiger partial charge in [0.2, 0.25) is 0 Å². The maximum Gasteiger partial charge on any atom is 0.132 e. The molecule has 2 atom stereocenters. The average molecular weight is 364 g/mol. The number of aliphatic hydroxyl groups is 2. The van der Waals surface area contributed by atoms with Crippen molar-refractivity contribution in [3.8, 4) is 0 Å². The van der Waals surface area contributed by atoms with Gasteiger partial charge in [-0.15, -0.1) is 0 Å². The highest BCUT2D eigenvalue weighted by Crippen LogP contribution is 2.15. The Kier molecular flexibility index (Phi) is 17.0. The van der Waals surface area contributed by atoms with Gasteiger partial charge in [-0.05, 0) is 6.42 Å². The van der Waals surface area contributed by atoms with Crippen LogP contribution in [0.4, 0.5) is 0 Å². The Labute approximate surface area is 153 Å². The van der Waals surface area contributed by atoms with Gasteiger partial charge in [0, 0.05) is 26.1 Å². The highest BCUT2D eigenvalue weighted by molar-refractivity contribution is 4.59. The number of hydrogen-bond acceptors (Lipinski definition) is 5. The first-order chi connectivity index (χ1) is 12.1. The number of nitrogens with zero attached hydrogens (tertiary/aromatic N) is 1. The largest absolute Gasteiger partial charge is 0.598 e. The lowest BCUT2D eigenvalue weighted by Crippen LogP contribution is -2.50. The molecule has 0 fully saturated rings. The fourth-order valence-electron chi connectivity index (χ4n) is 3.04. The van der Waals surface area contributed by atoms with Gasteiger partial charge in [0.15, 0.2) is 0 Å². The molecular formula is C19H41NO5. The van der Waals surface area contributed by atoms with E-state index in [0.29, 0.717) is 19.6 Å². The zero-order chi connectivity index (χ0) is 18.8. The predicted molar refractivity (Wildman–Crippen MR) is 100 cm³/mol. The molecule has 0 bridgehead atoms. The van der Waals surface area contributed by atoms with Crippen molar-refractivity contribution in [2.24, 2.45) is 0 Å². The molecule has 3 N–H and O–H groups in total. The summed E-state index contributed by atoms with van der Waals surface area (Å²) in [4.78, 5) is -1.50. The molecule has 0 saturated heterocycles. The van der Waals surface area contributed by atoms with Crippen LogP contribution >= 0.6 is 0 Å². The molecule has 0 aromatic rings. The minimum absolute atomic E-state index is 0.155. The van der Waals surface area contributed by atoms with E-state index in [2.05, 4.69) is 6.92 Å². The number of unbranched alkanes of at least 4 members (excludes halogenated alkanes) is 9. The van der Waals surface area contributed by atoms with Crippen molar-refractivity contribution < 1.29 is 25.0 Å². The third-order valence-corrected chi connectivity index (χ3v) is 4.69. The third kappa shape index (κ3) is 14.6. The number of hydroxylamine groups is 4. The van der Waals surface area contributed by atoms with E-state index in [9.17, 15) is 10.4 Å². The zero-order valence-electron chi connectivity index (χ0n) is 16.2. The first-order valence-corrected chi connectivity index (χ1v) is 10.2. The molecule has 0 rings (SSSR count). The molecule has 2 unspecified atom stereocenters. The summed E-state index contributed by atoms with van der Waals surface area (Å²) in [5.41, 5.74) is 0. The second-order valence-electron chi connectivity index (χ2n) is 6.95. The fourth-order valence-corrected chi connectivity index (χ4v) is 3.04. The lowest BCUT2D eigenvalue weighted by molar-refractivity contribution is -1.08. The first kappa shape index (κ1) is 24.8. The van der Waals surface area contributed by atoms with Crippen LogP contribution in [0.2, 0.25) is 0 Å². The molecule has 0 aliphatic rings. The summed E-state index contributed by atoms with van der Waals surface area (Å²) in [6.45, 7) is 2.51. The van der Waals surface area contributed by atoms with Crippen LogP contribution in [-0.4, -0.2) is 59.2 Å². The molecule has 0 aliphatic carbocycles. The van der Waals surface area contributed by atoms with Gasteiger partial charge in [-0.25, -0.2) is 10.0 Å². The number of ether oxygens (including phenoxy) is 1. The highest BCUT2D eigenvalue weighted by atomic mass is 16.8. The van der Waals surface area contributed by atoms with Crippen molar-refractivity contribution in [3.63, 3.8) is 0 Å². The van der Waals surface area contributed by atoms with Crippen molar-refractivity contribution in [2.75, 3.05) is 33.0 Å². The molecule has 0 aromatic carbocycles. The summed E-state index contributed by atoms with van der Waals surface area (Å²) < 4.78 is 5.55. The highest BCUT2D eigenvalue weighted by Gasteiger charge is 2.26. The maximum absolute atomic E-state index is 11.9. The number of aliphatic hydroxyl groups excluding tert-OH is 2. The number of hydrogen-bond donors (Lipinski definition) is 3. The van der Waals surface area contributed by atoms with Gasteiger partial charge in [0.1, 0.15) is 12.6 Å². The molecule has 0 aromatic heterocycles. The Morgan fingerprint density at radius 2 is 1.36 bits per heavy atom. The molecule has 0 heterocycles. The zero-order valence-corrected chi connectivity index (χ0v) is 16.2. The average Bonchev–Trinajstić information content (AvgIpc) is 2.58. The summed E-state index contributed by atoms with van der Waals surface area (Å²) >= 11 is 0. The van der Waals surface area contributed by atoms with Crippen molar-refractivity contribution in [1.29, 1.82) is 0 Å². The lowest BCUT2D eigenvalue weighted by atomic mass is 10.1. The van der Waals surface area contributed by atoms with Crippen LogP contribution in [0.5, 0.6) is 0 Å². The molecule has 0 aliphatic heterocycles. The van der Waals surface area contributed by atoms with Crippen LogP contribution in [0.25, 0.3) is 0 Å². The molecule has 152 valence electrons. The first-order valence-electron chi connectivity index (χ1n) is 10.2. The fraction of sp³-hybridized carbons (Fsp3) is 1.00. The van der Waals surface area contributed by atoms with E-state index in [1.54, 1.807) is 0 Å². The molecule has 6 nitrogen and oxygen atoms in total. The van der Waals surface area contributed by atoms with Gasteiger partial charge in [0.05, 0.1) is 13.2 Å². The standard InChI is InChI=1S/C19H41NO5/c1-2-3-4-5-6-7-8-9-10-11-17-25-18-13-19(12-15-21)20(23,24)14-16-22/h19,21-23H,2-18H2,1H3. The van der Waals surface area contributed by atoms with E-state index >= 15 is 0 Å². The van der Waals surface area contributed by atoms with Gasteiger partial charge in [-0.3, -0.25) is 0 Å². The van der Waals surface area contributed by atoms with Crippen molar-refractivity contribution >= 4 is 0 Å². The number of quaternary nitrogens is 1. The van der Waals surface area contributed by atoms with E-state index in [1.165, 1.54) is 57.8 Å². The Balaban J connectivity index is 3.51. The second kappa shape index (κ2) is 17.2. The molecule has 0 spiro atoms. The second-order valence-corrected chi connectivity index (χ2v) is 6.95. The van der Waals surface area contributed by atoms with Crippen LogP contribution < -0.4 is 0 Å². The molecule has 0 amide bonds. The topological polar surface area (TPSA) is 93.0 Å². The normalized spacial score (nSPS) is 15.2. The number of rotatable bonds is 19. The Morgan fingerprint density at radius 3 is 1.88 bits per heavy atom. The van der Waals surface area contributed by atoms with Gasteiger partial charge in [-0.2, -0.15) is 0 Å². The van der Waals surface area contributed by atoms with E-state index in [4.69, 9.17) is 14.9 Å². The van der Waals surface area contributed by atoms with E-state index in [1.807, 2.05) is 0 Å². The summed E-state index contributed by atoms with van der Waals surface area (Å²) in [6, 6.07) is -0.648. The summed E-state index contributed by atoms with van der Waals surface area (Å²) in [5.74, 6) is 0. The van der Waals surface area contributed by atoms with Gasteiger partial charge < -0.3 is 20.2 Å². The lowest BCUT2D eigenvalue weighted by Gasteiger charge is -2.40.